The maximum atomic E-state index is 13.0. The lowest BCUT2D eigenvalue weighted by Gasteiger charge is -2.35. The van der Waals surface area contributed by atoms with E-state index in [1.807, 2.05) is 24.4 Å². The smallest absolute Gasteiger partial charge is 0.128 e. The van der Waals surface area contributed by atoms with E-state index in [2.05, 4.69) is 46.2 Å². The Balaban J connectivity index is 1.20. The van der Waals surface area contributed by atoms with Crippen LogP contribution in [-0.2, 0) is 6.42 Å². The SMILES string of the molecule is Fc1ccc(CCCCN2CCN(c3ccc(-c4ccccc4)cn3)CC2)cc1. The maximum Gasteiger partial charge on any atom is 0.128 e. The fourth-order valence-electron chi connectivity index (χ4n) is 3.89. The van der Waals surface area contributed by atoms with E-state index in [1.54, 1.807) is 12.1 Å². The van der Waals surface area contributed by atoms with Crippen LogP contribution in [0.2, 0.25) is 0 Å². The second-order valence-electron chi connectivity index (χ2n) is 7.68. The van der Waals surface area contributed by atoms with Gasteiger partial charge in [0.25, 0.3) is 0 Å². The highest BCUT2D eigenvalue weighted by Gasteiger charge is 2.17. The van der Waals surface area contributed by atoms with Crippen LogP contribution in [0.1, 0.15) is 18.4 Å². The molecular formula is C25H28FN3. The predicted octanol–water partition coefficient (Wildman–Crippen LogP) is 5.03. The molecule has 0 N–H and O–H groups in total. The van der Waals surface area contributed by atoms with Gasteiger partial charge in [0, 0.05) is 37.9 Å². The molecule has 0 amide bonds. The third-order valence-corrected chi connectivity index (χ3v) is 5.65. The number of piperazine rings is 1. The zero-order chi connectivity index (χ0) is 19.9. The zero-order valence-electron chi connectivity index (χ0n) is 16.8. The highest BCUT2D eigenvalue weighted by molar-refractivity contribution is 5.63. The van der Waals surface area contributed by atoms with Gasteiger partial charge < -0.3 is 4.90 Å². The first-order valence-corrected chi connectivity index (χ1v) is 10.5. The van der Waals surface area contributed by atoms with Crippen molar-refractivity contribution in [2.24, 2.45) is 0 Å². The first-order chi connectivity index (χ1) is 14.3. The Morgan fingerprint density at radius 2 is 1.52 bits per heavy atom. The molecule has 3 nitrogen and oxygen atoms in total. The van der Waals surface area contributed by atoms with Crippen LogP contribution in [0, 0.1) is 5.82 Å². The van der Waals surface area contributed by atoms with E-state index in [4.69, 9.17) is 4.98 Å². The van der Waals surface area contributed by atoms with Crippen molar-refractivity contribution in [3.05, 3.63) is 84.3 Å². The first-order valence-electron chi connectivity index (χ1n) is 10.5. The molecule has 0 radical (unpaired) electrons. The molecule has 1 aliphatic heterocycles. The summed E-state index contributed by atoms with van der Waals surface area (Å²) in [5.41, 5.74) is 3.59. The van der Waals surface area contributed by atoms with Gasteiger partial charge in [-0.1, -0.05) is 42.5 Å². The number of nitrogens with zero attached hydrogens (tertiary/aromatic N) is 3. The summed E-state index contributed by atoms with van der Waals surface area (Å²) in [6, 6.07) is 21.6. The van der Waals surface area contributed by atoms with Crippen molar-refractivity contribution in [2.75, 3.05) is 37.6 Å². The second-order valence-corrected chi connectivity index (χ2v) is 7.68. The quantitative estimate of drug-likeness (QED) is 0.528. The number of benzene rings is 2. The summed E-state index contributed by atoms with van der Waals surface area (Å²) in [6.07, 6.45) is 5.33. The van der Waals surface area contributed by atoms with E-state index in [-0.39, 0.29) is 5.82 Å². The zero-order valence-corrected chi connectivity index (χ0v) is 16.8. The molecule has 3 aromatic rings. The molecule has 1 saturated heterocycles. The fraction of sp³-hybridized carbons (Fsp3) is 0.320. The predicted molar refractivity (Wildman–Crippen MR) is 118 cm³/mol. The molecule has 0 bridgehead atoms. The van der Waals surface area contributed by atoms with Crippen molar-refractivity contribution in [1.29, 1.82) is 0 Å². The lowest BCUT2D eigenvalue weighted by molar-refractivity contribution is 0.252. The Hall–Kier alpha value is -2.72. The molecule has 29 heavy (non-hydrogen) atoms. The van der Waals surface area contributed by atoms with E-state index in [0.717, 1.165) is 56.9 Å². The van der Waals surface area contributed by atoms with E-state index in [1.165, 1.54) is 17.5 Å². The number of aryl methyl sites for hydroxylation is 1. The van der Waals surface area contributed by atoms with Crippen LogP contribution >= 0.6 is 0 Å². The van der Waals surface area contributed by atoms with Crippen molar-refractivity contribution in [2.45, 2.75) is 19.3 Å². The molecule has 0 saturated carbocycles. The maximum absolute atomic E-state index is 13.0. The second kappa shape index (κ2) is 9.66. The molecule has 1 fully saturated rings. The Morgan fingerprint density at radius 3 is 2.21 bits per heavy atom. The normalized spacial score (nSPS) is 14.9. The number of hydrogen-bond donors (Lipinski definition) is 0. The van der Waals surface area contributed by atoms with E-state index in [9.17, 15) is 4.39 Å². The first kappa shape index (κ1) is 19.6. The minimum absolute atomic E-state index is 0.157. The molecule has 150 valence electrons. The van der Waals surface area contributed by atoms with Gasteiger partial charge in [-0.3, -0.25) is 4.90 Å². The molecule has 1 aromatic heterocycles. The molecule has 0 aliphatic carbocycles. The Kier molecular flexibility index (Phi) is 6.52. The summed E-state index contributed by atoms with van der Waals surface area (Å²) < 4.78 is 13.0. The highest BCUT2D eigenvalue weighted by Crippen LogP contribution is 2.21. The number of pyridine rings is 1. The van der Waals surface area contributed by atoms with Crippen LogP contribution in [0.4, 0.5) is 10.2 Å². The lowest BCUT2D eigenvalue weighted by Crippen LogP contribution is -2.46. The van der Waals surface area contributed by atoms with Crippen LogP contribution in [0.15, 0.2) is 72.9 Å². The largest absolute Gasteiger partial charge is 0.354 e. The van der Waals surface area contributed by atoms with Gasteiger partial charge in [-0.2, -0.15) is 0 Å². The highest BCUT2D eigenvalue weighted by atomic mass is 19.1. The number of hydrogen-bond acceptors (Lipinski definition) is 3. The topological polar surface area (TPSA) is 19.4 Å². The number of aromatic nitrogens is 1. The van der Waals surface area contributed by atoms with Gasteiger partial charge in [0.15, 0.2) is 0 Å². The van der Waals surface area contributed by atoms with E-state index in [0.29, 0.717) is 0 Å². The van der Waals surface area contributed by atoms with Gasteiger partial charge in [0.2, 0.25) is 0 Å². The summed E-state index contributed by atoms with van der Waals surface area (Å²) in [4.78, 5) is 9.62. The Morgan fingerprint density at radius 1 is 0.759 bits per heavy atom. The summed E-state index contributed by atoms with van der Waals surface area (Å²) in [5.74, 6) is 0.913. The molecule has 0 spiro atoms. The van der Waals surface area contributed by atoms with Crippen LogP contribution in [-0.4, -0.2) is 42.6 Å². The van der Waals surface area contributed by atoms with Crippen molar-refractivity contribution < 1.29 is 4.39 Å². The molecule has 4 rings (SSSR count). The van der Waals surface area contributed by atoms with Crippen LogP contribution in [0.3, 0.4) is 0 Å². The molecule has 4 heteroatoms. The van der Waals surface area contributed by atoms with Crippen LogP contribution in [0.5, 0.6) is 0 Å². The molecule has 0 unspecified atom stereocenters. The van der Waals surface area contributed by atoms with Gasteiger partial charge in [-0.15, -0.1) is 0 Å². The molecular weight excluding hydrogens is 361 g/mol. The standard InChI is InChI=1S/C25H28FN3/c26-24-12-9-21(10-13-24)6-4-5-15-28-16-18-29(19-17-28)25-14-11-23(20-27-25)22-7-2-1-3-8-22/h1-3,7-14,20H,4-6,15-19H2. The van der Waals surface area contributed by atoms with Crippen LogP contribution < -0.4 is 4.90 Å². The van der Waals surface area contributed by atoms with Gasteiger partial charge in [-0.25, -0.2) is 9.37 Å². The minimum Gasteiger partial charge on any atom is -0.354 e. The summed E-state index contributed by atoms with van der Waals surface area (Å²) in [5, 5.41) is 0. The van der Waals surface area contributed by atoms with E-state index < -0.39 is 0 Å². The van der Waals surface area contributed by atoms with Crippen molar-refractivity contribution in [1.82, 2.24) is 9.88 Å². The van der Waals surface area contributed by atoms with Crippen molar-refractivity contribution >= 4 is 5.82 Å². The average Bonchev–Trinajstić information content (AvgIpc) is 2.79. The monoisotopic (exact) mass is 389 g/mol. The van der Waals surface area contributed by atoms with Crippen LogP contribution in [0.25, 0.3) is 11.1 Å². The van der Waals surface area contributed by atoms with Crippen molar-refractivity contribution in [3.63, 3.8) is 0 Å². The number of rotatable bonds is 7. The van der Waals surface area contributed by atoms with E-state index >= 15 is 0 Å². The molecule has 2 heterocycles. The summed E-state index contributed by atoms with van der Waals surface area (Å²) in [7, 11) is 0. The van der Waals surface area contributed by atoms with Crippen molar-refractivity contribution in [3.8, 4) is 11.1 Å². The third-order valence-electron chi connectivity index (χ3n) is 5.65. The van der Waals surface area contributed by atoms with Gasteiger partial charge >= 0.3 is 0 Å². The minimum atomic E-state index is -0.157. The number of unbranched alkanes of at least 4 members (excludes halogenated alkanes) is 1. The number of anilines is 1. The lowest BCUT2D eigenvalue weighted by atomic mass is 10.1. The van der Waals surface area contributed by atoms with Gasteiger partial charge in [-0.05, 0) is 61.2 Å². The Bertz CT molecular complexity index is 870. The Labute approximate surface area is 172 Å². The van der Waals surface area contributed by atoms with Gasteiger partial charge in [0.05, 0.1) is 0 Å². The molecule has 2 aromatic carbocycles. The fourth-order valence-corrected chi connectivity index (χ4v) is 3.89. The average molecular weight is 390 g/mol. The molecule has 1 aliphatic rings. The molecule has 0 atom stereocenters. The summed E-state index contributed by atoms with van der Waals surface area (Å²) in [6.45, 7) is 5.35. The van der Waals surface area contributed by atoms with Gasteiger partial charge in [0.1, 0.15) is 11.6 Å². The third kappa shape index (κ3) is 5.42. The summed E-state index contributed by atoms with van der Waals surface area (Å²) >= 11 is 0. The number of halogens is 1.